The summed E-state index contributed by atoms with van der Waals surface area (Å²) in [4.78, 5) is 14.0. The number of rotatable bonds is 5. The van der Waals surface area contributed by atoms with Gasteiger partial charge in [0.25, 0.3) is 0 Å². The van der Waals surface area contributed by atoms with E-state index in [-0.39, 0.29) is 18.0 Å². The highest BCUT2D eigenvalue weighted by Crippen LogP contribution is 2.43. The fourth-order valence-electron chi connectivity index (χ4n) is 4.77. The van der Waals surface area contributed by atoms with E-state index in [1.165, 1.54) is 23.9 Å². The molecule has 0 N–H and O–H groups in total. The summed E-state index contributed by atoms with van der Waals surface area (Å²) in [5.74, 6) is 1.45. The van der Waals surface area contributed by atoms with Crippen molar-refractivity contribution in [1.82, 2.24) is 0 Å². The van der Waals surface area contributed by atoms with E-state index in [1.54, 1.807) is 0 Å². The smallest absolute Gasteiger partial charge is 0.306 e. The zero-order valence-corrected chi connectivity index (χ0v) is 17.3. The standard InChI is InChI=1S/C24H27NO5/c1-27-24(26)13-16-15-29-23-14-17(5-6-18(16)23)30-22-8-7-19-20(22)3-2-4-21(19)25-9-11-28-12-10-25/h2-6,14,16,22H,7-13,15H2,1H3. The predicted octanol–water partition coefficient (Wildman–Crippen LogP) is 3.63. The first kappa shape index (κ1) is 19.2. The van der Waals surface area contributed by atoms with Gasteiger partial charge in [0.05, 0.1) is 33.4 Å². The van der Waals surface area contributed by atoms with Gasteiger partial charge in [-0.25, -0.2) is 0 Å². The Bertz CT molecular complexity index is 937. The van der Waals surface area contributed by atoms with Crippen LogP contribution in [0.3, 0.4) is 0 Å². The van der Waals surface area contributed by atoms with E-state index in [0.29, 0.717) is 13.0 Å². The largest absolute Gasteiger partial charge is 0.492 e. The van der Waals surface area contributed by atoms with E-state index in [4.69, 9.17) is 18.9 Å². The van der Waals surface area contributed by atoms with Crippen LogP contribution in [-0.4, -0.2) is 46.0 Å². The molecule has 3 aliphatic rings. The van der Waals surface area contributed by atoms with Gasteiger partial charge >= 0.3 is 5.97 Å². The summed E-state index contributed by atoms with van der Waals surface area (Å²) in [7, 11) is 1.42. The molecule has 5 rings (SSSR count). The molecule has 2 unspecified atom stereocenters. The number of benzene rings is 2. The average Bonchev–Trinajstić information content (AvgIpc) is 3.38. The zero-order valence-electron chi connectivity index (χ0n) is 17.3. The van der Waals surface area contributed by atoms with Crippen LogP contribution in [0, 0.1) is 0 Å². The average molecular weight is 409 g/mol. The van der Waals surface area contributed by atoms with Crippen molar-refractivity contribution >= 4 is 11.7 Å². The van der Waals surface area contributed by atoms with E-state index in [1.807, 2.05) is 18.2 Å². The molecule has 0 radical (unpaired) electrons. The summed E-state index contributed by atoms with van der Waals surface area (Å²) in [6, 6.07) is 12.5. The SMILES string of the molecule is COC(=O)CC1COc2cc(OC3CCc4c3cccc4N3CCOCC3)ccc21. The van der Waals surface area contributed by atoms with Crippen molar-refractivity contribution in [2.75, 3.05) is 44.9 Å². The lowest BCUT2D eigenvalue weighted by molar-refractivity contribution is -0.141. The molecule has 1 saturated heterocycles. The molecule has 2 aromatic rings. The number of anilines is 1. The number of hydrogen-bond acceptors (Lipinski definition) is 6. The second kappa shape index (κ2) is 8.19. The predicted molar refractivity (Wildman–Crippen MR) is 112 cm³/mol. The molecule has 2 aliphatic heterocycles. The maximum atomic E-state index is 11.6. The number of ether oxygens (including phenoxy) is 4. The first-order chi connectivity index (χ1) is 14.7. The molecule has 0 spiro atoms. The van der Waals surface area contributed by atoms with Crippen LogP contribution in [0.1, 0.15) is 41.6 Å². The monoisotopic (exact) mass is 409 g/mol. The quantitative estimate of drug-likeness (QED) is 0.703. The fourth-order valence-corrected chi connectivity index (χ4v) is 4.77. The number of esters is 1. The van der Waals surface area contributed by atoms with Crippen LogP contribution < -0.4 is 14.4 Å². The summed E-state index contributed by atoms with van der Waals surface area (Å²) in [6.07, 6.45) is 2.38. The zero-order chi connectivity index (χ0) is 20.5. The highest BCUT2D eigenvalue weighted by Gasteiger charge is 2.30. The Balaban J connectivity index is 1.32. The van der Waals surface area contributed by atoms with Gasteiger partial charge in [0.1, 0.15) is 17.6 Å². The molecule has 2 heterocycles. The van der Waals surface area contributed by atoms with E-state index in [0.717, 1.165) is 56.2 Å². The van der Waals surface area contributed by atoms with Crippen LogP contribution in [0.25, 0.3) is 0 Å². The van der Waals surface area contributed by atoms with Crippen LogP contribution >= 0.6 is 0 Å². The third kappa shape index (κ3) is 3.60. The minimum absolute atomic E-state index is 0.0461. The Hall–Kier alpha value is -2.73. The highest BCUT2D eigenvalue weighted by atomic mass is 16.5. The minimum Gasteiger partial charge on any atom is -0.492 e. The van der Waals surface area contributed by atoms with Gasteiger partial charge in [-0.3, -0.25) is 4.79 Å². The van der Waals surface area contributed by atoms with Crippen molar-refractivity contribution in [2.24, 2.45) is 0 Å². The maximum Gasteiger partial charge on any atom is 0.306 e. The Morgan fingerprint density at radius 3 is 2.87 bits per heavy atom. The number of carbonyl (C=O) groups is 1. The topological polar surface area (TPSA) is 57.2 Å². The van der Waals surface area contributed by atoms with E-state index >= 15 is 0 Å². The van der Waals surface area contributed by atoms with Gasteiger partial charge in [0.15, 0.2) is 0 Å². The summed E-state index contributed by atoms with van der Waals surface area (Å²) < 4.78 is 22.5. The normalized spacial score (nSPS) is 22.2. The Kier molecular flexibility index (Phi) is 5.25. The molecule has 6 nitrogen and oxygen atoms in total. The number of fused-ring (bicyclic) bond motifs is 2. The Morgan fingerprint density at radius 2 is 2.03 bits per heavy atom. The van der Waals surface area contributed by atoms with E-state index < -0.39 is 0 Å². The van der Waals surface area contributed by atoms with Gasteiger partial charge < -0.3 is 23.8 Å². The number of nitrogens with zero attached hydrogens (tertiary/aromatic N) is 1. The molecule has 1 aliphatic carbocycles. The number of methoxy groups -OCH3 is 1. The van der Waals surface area contributed by atoms with E-state index in [9.17, 15) is 4.79 Å². The Labute approximate surface area is 176 Å². The number of carbonyl (C=O) groups excluding carboxylic acids is 1. The molecule has 0 saturated carbocycles. The lowest BCUT2D eigenvalue weighted by Crippen LogP contribution is -2.36. The first-order valence-corrected chi connectivity index (χ1v) is 10.7. The molecule has 0 amide bonds. The second-order valence-electron chi connectivity index (χ2n) is 8.08. The molecule has 158 valence electrons. The van der Waals surface area contributed by atoms with Crippen molar-refractivity contribution in [1.29, 1.82) is 0 Å². The van der Waals surface area contributed by atoms with Gasteiger partial charge in [-0.05, 0) is 36.1 Å². The van der Waals surface area contributed by atoms with Gasteiger partial charge in [-0.1, -0.05) is 18.2 Å². The van der Waals surface area contributed by atoms with Crippen LogP contribution in [0.15, 0.2) is 36.4 Å². The van der Waals surface area contributed by atoms with E-state index in [2.05, 4.69) is 23.1 Å². The summed E-state index contributed by atoms with van der Waals surface area (Å²) in [5, 5.41) is 0. The summed E-state index contributed by atoms with van der Waals surface area (Å²) in [6.45, 7) is 3.96. The first-order valence-electron chi connectivity index (χ1n) is 10.7. The van der Waals surface area contributed by atoms with Crippen LogP contribution in [-0.2, 0) is 20.7 Å². The van der Waals surface area contributed by atoms with Crippen LogP contribution in [0.2, 0.25) is 0 Å². The van der Waals surface area contributed by atoms with Crippen LogP contribution in [0.5, 0.6) is 11.5 Å². The third-order valence-electron chi connectivity index (χ3n) is 6.33. The lowest BCUT2D eigenvalue weighted by Gasteiger charge is -2.30. The molecule has 0 bridgehead atoms. The summed E-state index contributed by atoms with van der Waals surface area (Å²) >= 11 is 0. The van der Waals surface area contributed by atoms with Crippen molar-refractivity contribution in [3.63, 3.8) is 0 Å². The third-order valence-corrected chi connectivity index (χ3v) is 6.33. The minimum atomic E-state index is -0.213. The highest BCUT2D eigenvalue weighted by molar-refractivity contribution is 5.71. The Morgan fingerprint density at radius 1 is 1.17 bits per heavy atom. The number of morpholine rings is 1. The van der Waals surface area contributed by atoms with Crippen molar-refractivity contribution < 1.29 is 23.7 Å². The molecule has 0 aromatic heterocycles. The van der Waals surface area contributed by atoms with Crippen molar-refractivity contribution in [2.45, 2.75) is 31.3 Å². The van der Waals surface area contributed by atoms with Crippen molar-refractivity contribution in [3.8, 4) is 11.5 Å². The van der Waals surface area contributed by atoms with Gasteiger partial charge in [-0.15, -0.1) is 0 Å². The maximum absolute atomic E-state index is 11.6. The van der Waals surface area contributed by atoms with Gasteiger partial charge in [0, 0.05) is 36.3 Å². The van der Waals surface area contributed by atoms with Crippen LogP contribution in [0.4, 0.5) is 5.69 Å². The second-order valence-corrected chi connectivity index (χ2v) is 8.08. The molecule has 2 aromatic carbocycles. The molecular formula is C24H27NO5. The van der Waals surface area contributed by atoms with Gasteiger partial charge in [-0.2, -0.15) is 0 Å². The molecule has 2 atom stereocenters. The van der Waals surface area contributed by atoms with Gasteiger partial charge in [0.2, 0.25) is 0 Å². The fraction of sp³-hybridized carbons (Fsp3) is 0.458. The molecule has 6 heteroatoms. The molecule has 30 heavy (non-hydrogen) atoms. The van der Waals surface area contributed by atoms with Crippen molar-refractivity contribution in [3.05, 3.63) is 53.1 Å². The summed E-state index contributed by atoms with van der Waals surface area (Å²) in [5.41, 5.74) is 5.06. The molecular weight excluding hydrogens is 382 g/mol. The lowest BCUT2D eigenvalue weighted by atomic mass is 9.98. The number of hydrogen-bond donors (Lipinski definition) is 0. The molecule has 1 fully saturated rings.